The second-order valence-corrected chi connectivity index (χ2v) is 4.52. The predicted molar refractivity (Wildman–Crippen MR) is 62.2 cm³/mol. The molecule has 0 unspecified atom stereocenters. The standard InChI is InChI=1S/C10H19N5O2/c1-6-8-11-13-15(12-8)14(7-2)9(16)17-10(3,4)5/h6-7H2,1-5H3. The molecule has 0 aliphatic rings. The van der Waals surface area contributed by atoms with Gasteiger partial charge in [0.05, 0.1) is 0 Å². The Labute approximate surface area is 101 Å². The number of amides is 1. The minimum Gasteiger partial charge on any atom is -0.442 e. The van der Waals surface area contributed by atoms with Crippen LogP contribution in [0.5, 0.6) is 0 Å². The SMILES string of the molecule is CCc1nnn(N(CC)C(=O)OC(C)(C)C)n1. The maximum atomic E-state index is 11.9. The maximum absolute atomic E-state index is 11.9. The fraction of sp³-hybridized carbons (Fsp3) is 0.800. The number of aryl methyl sites for hydroxylation is 1. The Morgan fingerprint density at radius 3 is 2.47 bits per heavy atom. The number of hydrogen-bond donors (Lipinski definition) is 0. The quantitative estimate of drug-likeness (QED) is 0.793. The molecule has 1 rings (SSSR count). The summed E-state index contributed by atoms with van der Waals surface area (Å²) in [6, 6.07) is 0. The molecule has 7 heteroatoms. The van der Waals surface area contributed by atoms with Crippen LogP contribution in [-0.2, 0) is 11.2 Å². The van der Waals surface area contributed by atoms with Crippen molar-refractivity contribution in [2.24, 2.45) is 0 Å². The first kappa shape index (κ1) is 13.4. The lowest BCUT2D eigenvalue weighted by molar-refractivity contribution is 0.0524. The number of hydrogen-bond acceptors (Lipinski definition) is 5. The number of nitrogens with zero attached hydrogens (tertiary/aromatic N) is 5. The van der Waals surface area contributed by atoms with Crippen LogP contribution in [0, 0.1) is 0 Å². The molecule has 17 heavy (non-hydrogen) atoms. The van der Waals surface area contributed by atoms with Gasteiger partial charge >= 0.3 is 6.09 Å². The summed E-state index contributed by atoms with van der Waals surface area (Å²) in [6.45, 7) is 9.58. The molecule has 0 atom stereocenters. The second-order valence-electron chi connectivity index (χ2n) is 4.52. The average Bonchev–Trinajstić information content (AvgIpc) is 2.64. The highest BCUT2D eigenvalue weighted by Crippen LogP contribution is 2.08. The minimum atomic E-state index is -0.543. The molecule has 0 saturated heterocycles. The number of ether oxygens (including phenoxy) is 1. The van der Waals surface area contributed by atoms with Gasteiger partial charge in [-0.25, -0.2) is 4.79 Å². The smallest absolute Gasteiger partial charge is 0.432 e. The number of aromatic nitrogens is 4. The van der Waals surface area contributed by atoms with Crippen molar-refractivity contribution in [2.75, 3.05) is 11.6 Å². The second kappa shape index (κ2) is 5.11. The summed E-state index contributed by atoms with van der Waals surface area (Å²) in [4.78, 5) is 13.0. The van der Waals surface area contributed by atoms with Crippen molar-refractivity contribution in [2.45, 2.75) is 46.6 Å². The van der Waals surface area contributed by atoms with E-state index >= 15 is 0 Å². The van der Waals surface area contributed by atoms with E-state index in [0.29, 0.717) is 18.8 Å². The van der Waals surface area contributed by atoms with Gasteiger partial charge in [-0.3, -0.25) is 0 Å². The van der Waals surface area contributed by atoms with Crippen molar-refractivity contribution in [1.82, 2.24) is 20.3 Å². The Kier molecular flexibility index (Phi) is 4.03. The molecule has 0 bridgehead atoms. The Morgan fingerprint density at radius 2 is 2.06 bits per heavy atom. The lowest BCUT2D eigenvalue weighted by Gasteiger charge is -2.24. The van der Waals surface area contributed by atoms with E-state index in [-0.39, 0.29) is 0 Å². The van der Waals surface area contributed by atoms with Gasteiger partial charge in [0.2, 0.25) is 0 Å². The molecule has 0 aliphatic carbocycles. The lowest BCUT2D eigenvalue weighted by Crippen LogP contribution is -2.45. The predicted octanol–water partition coefficient (Wildman–Crippen LogP) is 1.13. The van der Waals surface area contributed by atoms with Gasteiger partial charge in [0, 0.05) is 13.0 Å². The van der Waals surface area contributed by atoms with E-state index in [1.54, 1.807) is 0 Å². The van der Waals surface area contributed by atoms with E-state index in [1.807, 2.05) is 34.6 Å². The monoisotopic (exact) mass is 241 g/mol. The minimum absolute atomic E-state index is 0.411. The van der Waals surface area contributed by atoms with E-state index < -0.39 is 11.7 Å². The van der Waals surface area contributed by atoms with Gasteiger partial charge in [-0.15, -0.1) is 10.2 Å². The number of carbonyl (C=O) groups is 1. The molecule has 0 spiro atoms. The van der Waals surface area contributed by atoms with Gasteiger partial charge in [-0.2, -0.15) is 5.01 Å². The Bertz CT molecular complexity index is 382. The zero-order chi connectivity index (χ0) is 13.1. The molecule has 0 fully saturated rings. The Morgan fingerprint density at radius 1 is 1.41 bits per heavy atom. The summed E-state index contributed by atoms with van der Waals surface area (Å²) >= 11 is 0. The largest absolute Gasteiger partial charge is 0.442 e. The first-order valence-corrected chi connectivity index (χ1v) is 5.67. The molecule has 0 N–H and O–H groups in total. The summed E-state index contributed by atoms with van der Waals surface area (Å²) in [7, 11) is 0. The van der Waals surface area contributed by atoms with Crippen LogP contribution in [0.15, 0.2) is 0 Å². The molecular weight excluding hydrogens is 222 g/mol. The van der Waals surface area contributed by atoms with Gasteiger partial charge in [0.1, 0.15) is 5.60 Å². The van der Waals surface area contributed by atoms with Crippen LogP contribution in [0.4, 0.5) is 4.79 Å². The summed E-state index contributed by atoms with van der Waals surface area (Å²) in [5.41, 5.74) is -0.543. The molecule has 0 saturated carbocycles. The van der Waals surface area contributed by atoms with Gasteiger partial charge in [0.25, 0.3) is 0 Å². The fourth-order valence-electron chi connectivity index (χ4n) is 1.12. The third-order valence-corrected chi connectivity index (χ3v) is 1.88. The van der Waals surface area contributed by atoms with E-state index in [9.17, 15) is 4.79 Å². The van der Waals surface area contributed by atoms with Crippen LogP contribution in [0.2, 0.25) is 0 Å². The van der Waals surface area contributed by atoms with Crippen molar-refractivity contribution >= 4 is 6.09 Å². The maximum Gasteiger partial charge on any atom is 0.432 e. The van der Waals surface area contributed by atoms with Crippen LogP contribution in [0.3, 0.4) is 0 Å². The molecular formula is C10H19N5O2. The number of tetrazole rings is 1. The van der Waals surface area contributed by atoms with Gasteiger partial charge in [0.15, 0.2) is 5.82 Å². The van der Waals surface area contributed by atoms with Crippen molar-refractivity contribution in [1.29, 1.82) is 0 Å². The van der Waals surface area contributed by atoms with Crippen LogP contribution in [0.25, 0.3) is 0 Å². The lowest BCUT2D eigenvalue weighted by atomic mass is 10.2. The zero-order valence-corrected chi connectivity index (χ0v) is 11.0. The topological polar surface area (TPSA) is 73.1 Å². The first-order chi connectivity index (χ1) is 7.87. The molecule has 1 aromatic heterocycles. The molecule has 1 aromatic rings. The van der Waals surface area contributed by atoms with Crippen molar-refractivity contribution in [3.8, 4) is 0 Å². The van der Waals surface area contributed by atoms with Crippen molar-refractivity contribution < 1.29 is 9.53 Å². The molecule has 1 amide bonds. The highest BCUT2D eigenvalue weighted by atomic mass is 16.6. The molecule has 96 valence electrons. The van der Waals surface area contributed by atoms with E-state index in [4.69, 9.17) is 4.74 Å². The Balaban J connectivity index is 2.80. The van der Waals surface area contributed by atoms with Crippen LogP contribution in [-0.4, -0.2) is 38.6 Å². The Hall–Kier alpha value is -1.66. The highest BCUT2D eigenvalue weighted by Gasteiger charge is 2.23. The third kappa shape index (κ3) is 3.69. The number of rotatable bonds is 3. The van der Waals surface area contributed by atoms with E-state index in [2.05, 4.69) is 15.4 Å². The van der Waals surface area contributed by atoms with Crippen LogP contribution >= 0.6 is 0 Å². The molecule has 1 heterocycles. The average molecular weight is 241 g/mol. The number of carbonyl (C=O) groups excluding carboxylic acids is 1. The normalized spacial score (nSPS) is 11.4. The third-order valence-electron chi connectivity index (χ3n) is 1.88. The van der Waals surface area contributed by atoms with E-state index in [0.717, 1.165) is 0 Å². The summed E-state index contributed by atoms with van der Waals surface area (Å²) in [5.74, 6) is 0.590. The van der Waals surface area contributed by atoms with Crippen molar-refractivity contribution in [3.05, 3.63) is 5.82 Å². The van der Waals surface area contributed by atoms with Crippen molar-refractivity contribution in [3.63, 3.8) is 0 Å². The zero-order valence-electron chi connectivity index (χ0n) is 11.0. The van der Waals surface area contributed by atoms with Crippen LogP contribution < -0.4 is 5.01 Å². The van der Waals surface area contributed by atoms with Crippen LogP contribution in [0.1, 0.15) is 40.4 Å². The highest BCUT2D eigenvalue weighted by molar-refractivity contribution is 5.78. The molecule has 0 aromatic carbocycles. The van der Waals surface area contributed by atoms with Gasteiger partial charge < -0.3 is 4.74 Å². The summed E-state index contributed by atoms with van der Waals surface area (Å²) < 4.78 is 5.25. The molecule has 0 radical (unpaired) electrons. The molecule has 7 nitrogen and oxygen atoms in total. The van der Waals surface area contributed by atoms with Gasteiger partial charge in [-0.05, 0) is 32.9 Å². The molecule has 0 aliphatic heterocycles. The summed E-state index contributed by atoms with van der Waals surface area (Å²) in [5, 5.41) is 13.0. The van der Waals surface area contributed by atoms with E-state index in [1.165, 1.54) is 9.91 Å². The van der Waals surface area contributed by atoms with Gasteiger partial charge in [-0.1, -0.05) is 11.8 Å². The fourth-order valence-corrected chi connectivity index (χ4v) is 1.12. The first-order valence-electron chi connectivity index (χ1n) is 5.67. The summed E-state index contributed by atoms with van der Waals surface area (Å²) in [6.07, 6.45) is 0.186.